The van der Waals surface area contributed by atoms with Crippen molar-refractivity contribution in [3.8, 4) is 5.88 Å². The number of anilines is 1. The molecular weight excluding hydrogens is 350 g/mol. The van der Waals surface area contributed by atoms with E-state index in [0.717, 1.165) is 30.5 Å². The quantitative estimate of drug-likeness (QED) is 0.589. The summed E-state index contributed by atoms with van der Waals surface area (Å²) < 4.78 is 5.34. The van der Waals surface area contributed by atoms with Crippen molar-refractivity contribution >= 4 is 23.5 Å². The molecule has 2 aromatic heterocycles. The Morgan fingerprint density at radius 3 is 2.73 bits per heavy atom. The van der Waals surface area contributed by atoms with Crippen LogP contribution < -0.4 is 9.64 Å². The van der Waals surface area contributed by atoms with Crippen molar-refractivity contribution in [2.24, 2.45) is 0 Å². The van der Waals surface area contributed by atoms with Gasteiger partial charge in [-0.2, -0.15) is 0 Å². The third-order valence-corrected chi connectivity index (χ3v) is 5.39. The predicted molar refractivity (Wildman–Crippen MR) is 99.8 cm³/mol. The standard InChI is InChI=1S/C18H21N5O2S/c1-3-25-16-5-4-12(9-20-16)17(24)23-13-8-14(23)11-22(10-13)15-6-7-19-18(21-15)26-2/h4-7,9,13-14H,3,8,10-11H2,1-2H3. The molecule has 3 saturated heterocycles. The number of carbonyl (C=O) groups excluding carboxylic acids is 1. The molecule has 2 aromatic rings. The van der Waals surface area contributed by atoms with Crippen LogP contribution in [0.4, 0.5) is 5.82 Å². The Morgan fingerprint density at radius 1 is 1.27 bits per heavy atom. The van der Waals surface area contributed by atoms with E-state index in [1.807, 2.05) is 24.1 Å². The molecule has 5 rings (SSSR count). The zero-order valence-corrected chi connectivity index (χ0v) is 15.6. The number of pyridine rings is 1. The Kier molecular flexibility index (Phi) is 4.67. The number of hydrogen-bond acceptors (Lipinski definition) is 7. The number of piperazine rings is 1. The molecule has 0 aliphatic carbocycles. The van der Waals surface area contributed by atoms with E-state index < -0.39 is 0 Å². The van der Waals surface area contributed by atoms with Crippen LogP contribution in [0.1, 0.15) is 23.7 Å². The maximum absolute atomic E-state index is 12.9. The Labute approximate surface area is 156 Å². The Hall–Kier alpha value is -2.35. The summed E-state index contributed by atoms with van der Waals surface area (Å²) in [6.45, 7) is 4.08. The summed E-state index contributed by atoms with van der Waals surface area (Å²) in [5, 5.41) is 0.773. The van der Waals surface area contributed by atoms with Crippen LogP contribution in [0.15, 0.2) is 35.7 Å². The van der Waals surface area contributed by atoms with Gasteiger partial charge in [0.25, 0.3) is 5.91 Å². The van der Waals surface area contributed by atoms with Gasteiger partial charge in [0.2, 0.25) is 5.88 Å². The lowest BCUT2D eigenvalue weighted by Gasteiger charge is -2.56. The fourth-order valence-corrected chi connectivity index (χ4v) is 3.97. The molecule has 2 atom stereocenters. The summed E-state index contributed by atoms with van der Waals surface area (Å²) >= 11 is 1.54. The first-order chi connectivity index (χ1) is 12.7. The molecule has 1 amide bonds. The molecule has 3 aliphatic heterocycles. The molecule has 0 saturated carbocycles. The number of hydrogen-bond donors (Lipinski definition) is 0. The number of fused-ring (bicyclic) bond motifs is 2. The number of thioether (sulfide) groups is 1. The first kappa shape index (κ1) is 17.1. The van der Waals surface area contributed by atoms with E-state index >= 15 is 0 Å². The van der Waals surface area contributed by atoms with Crippen LogP contribution in [0.3, 0.4) is 0 Å². The lowest BCUT2D eigenvalue weighted by Crippen LogP contribution is -2.70. The molecule has 2 unspecified atom stereocenters. The topological polar surface area (TPSA) is 71.5 Å². The summed E-state index contributed by atoms with van der Waals surface area (Å²) in [6, 6.07) is 5.93. The summed E-state index contributed by atoms with van der Waals surface area (Å²) in [4.78, 5) is 30.1. The van der Waals surface area contributed by atoms with Gasteiger partial charge >= 0.3 is 0 Å². The number of nitrogens with zero attached hydrogens (tertiary/aromatic N) is 5. The van der Waals surface area contributed by atoms with Crippen LogP contribution in [0, 0.1) is 0 Å². The molecule has 3 fully saturated rings. The van der Waals surface area contributed by atoms with Crippen molar-refractivity contribution < 1.29 is 9.53 Å². The van der Waals surface area contributed by atoms with Gasteiger partial charge in [-0.05, 0) is 31.7 Å². The first-order valence-corrected chi connectivity index (χ1v) is 9.95. The molecule has 2 bridgehead atoms. The van der Waals surface area contributed by atoms with Gasteiger partial charge in [0.15, 0.2) is 5.16 Å². The second-order valence-electron chi connectivity index (χ2n) is 6.38. The van der Waals surface area contributed by atoms with Gasteiger partial charge in [-0.3, -0.25) is 4.79 Å². The van der Waals surface area contributed by atoms with E-state index in [1.54, 1.807) is 24.5 Å². The summed E-state index contributed by atoms with van der Waals surface area (Å²) in [5.74, 6) is 1.54. The predicted octanol–water partition coefficient (Wildman–Crippen LogP) is 2.10. The van der Waals surface area contributed by atoms with Gasteiger partial charge in [0.1, 0.15) is 5.82 Å². The second kappa shape index (κ2) is 7.11. The second-order valence-corrected chi connectivity index (χ2v) is 7.15. The SMILES string of the molecule is CCOc1ccc(C(=O)N2C3CC2CN(c2ccnc(SC)n2)C3)cn1. The molecule has 0 aromatic carbocycles. The van der Waals surface area contributed by atoms with Gasteiger partial charge < -0.3 is 14.5 Å². The fraction of sp³-hybridized carbons (Fsp3) is 0.444. The average Bonchev–Trinajstić information content (AvgIpc) is 2.69. The normalized spacial score (nSPS) is 21.3. The Morgan fingerprint density at radius 2 is 2.08 bits per heavy atom. The summed E-state index contributed by atoms with van der Waals surface area (Å²) in [6.07, 6.45) is 6.42. The highest BCUT2D eigenvalue weighted by atomic mass is 32.2. The van der Waals surface area contributed by atoms with Crippen molar-refractivity contribution in [3.63, 3.8) is 0 Å². The minimum atomic E-state index is 0.0499. The lowest BCUT2D eigenvalue weighted by atomic mass is 9.86. The van der Waals surface area contributed by atoms with Crippen molar-refractivity contribution in [2.45, 2.75) is 30.6 Å². The average molecular weight is 371 g/mol. The van der Waals surface area contributed by atoms with Crippen LogP contribution in [0.5, 0.6) is 5.88 Å². The summed E-state index contributed by atoms with van der Waals surface area (Å²) in [7, 11) is 0. The molecule has 7 nitrogen and oxygen atoms in total. The highest BCUT2D eigenvalue weighted by Gasteiger charge is 2.47. The third kappa shape index (κ3) is 3.09. The van der Waals surface area contributed by atoms with E-state index in [2.05, 4.69) is 19.9 Å². The third-order valence-electron chi connectivity index (χ3n) is 4.83. The Bertz CT molecular complexity index is 788. The van der Waals surface area contributed by atoms with Gasteiger partial charge in [0.05, 0.1) is 24.3 Å². The van der Waals surface area contributed by atoms with Gasteiger partial charge in [-0.25, -0.2) is 15.0 Å². The fourth-order valence-electron chi connectivity index (χ4n) is 3.62. The number of piperidine rings is 1. The van der Waals surface area contributed by atoms with Crippen LogP contribution >= 0.6 is 11.8 Å². The highest BCUT2D eigenvalue weighted by Crippen LogP contribution is 2.35. The van der Waals surface area contributed by atoms with E-state index in [9.17, 15) is 4.79 Å². The lowest BCUT2D eigenvalue weighted by molar-refractivity contribution is 0.00569. The molecule has 26 heavy (non-hydrogen) atoms. The van der Waals surface area contributed by atoms with E-state index in [-0.39, 0.29) is 18.0 Å². The maximum atomic E-state index is 12.9. The number of rotatable bonds is 5. The molecule has 0 N–H and O–H groups in total. The number of carbonyl (C=O) groups is 1. The van der Waals surface area contributed by atoms with E-state index in [0.29, 0.717) is 18.1 Å². The van der Waals surface area contributed by atoms with Crippen molar-refractivity contribution in [1.29, 1.82) is 0 Å². The van der Waals surface area contributed by atoms with Crippen LogP contribution in [-0.4, -0.2) is 63.8 Å². The van der Waals surface area contributed by atoms with Gasteiger partial charge in [0, 0.05) is 31.5 Å². The molecular formula is C18H21N5O2S. The molecule has 5 heterocycles. The van der Waals surface area contributed by atoms with E-state index in [4.69, 9.17) is 4.74 Å². The Balaban J connectivity index is 1.44. The largest absolute Gasteiger partial charge is 0.478 e. The monoisotopic (exact) mass is 371 g/mol. The molecule has 3 aliphatic rings. The minimum Gasteiger partial charge on any atom is -0.478 e. The van der Waals surface area contributed by atoms with E-state index in [1.165, 1.54) is 11.8 Å². The minimum absolute atomic E-state index is 0.0499. The zero-order valence-electron chi connectivity index (χ0n) is 14.8. The molecule has 0 radical (unpaired) electrons. The highest BCUT2D eigenvalue weighted by molar-refractivity contribution is 7.98. The number of aromatic nitrogens is 3. The smallest absolute Gasteiger partial charge is 0.256 e. The van der Waals surface area contributed by atoms with Crippen molar-refractivity contribution in [3.05, 3.63) is 36.2 Å². The maximum Gasteiger partial charge on any atom is 0.256 e. The molecule has 0 spiro atoms. The van der Waals surface area contributed by atoms with Crippen LogP contribution in [-0.2, 0) is 0 Å². The first-order valence-electron chi connectivity index (χ1n) is 8.73. The summed E-state index contributed by atoms with van der Waals surface area (Å²) in [5.41, 5.74) is 0.614. The molecule has 136 valence electrons. The number of ether oxygens (including phenoxy) is 1. The van der Waals surface area contributed by atoms with Crippen LogP contribution in [0.2, 0.25) is 0 Å². The van der Waals surface area contributed by atoms with Gasteiger partial charge in [-0.15, -0.1) is 0 Å². The number of amides is 1. The van der Waals surface area contributed by atoms with Crippen molar-refractivity contribution in [1.82, 2.24) is 19.9 Å². The van der Waals surface area contributed by atoms with Gasteiger partial charge in [-0.1, -0.05) is 11.8 Å². The van der Waals surface area contributed by atoms with Crippen LogP contribution in [0.25, 0.3) is 0 Å². The zero-order chi connectivity index (χ0) is 18.1. The van der Waals surface area contributed by atoms with Crippen molar-refractivity contribution in [2.75, 3.05) is 30.9 Å². The molecule has 8 heteroatoms.